The number of rotatable bonds is 7. The van der Waals surface area contributed by atoms with E-state index in [2.05, 4.69) is 29.2 Å². The number of piperazine rings is 1. The fourth-order valence-corrected chi connectivity index (χ4v) is 4.68. The summed E-state index contributed by atoms with van der Waals surface area (Å²) in [5.74, 6) is -0.162. The smallest absolute Gasteiger partial charge is 0.243 e. The molecule has 0 unspecified atom stereocenters. The predicted molar refractivity (Wildman–Crippen MR) is 127 cm³/mol. The highest BCUT2D eigenvalue weighted by Crippen LogP contribution is 2.23. The number of carbonyl (C=O) groups is 1. The third-order valence-corrected chi connectivity index (χ3v) is 6.63. The van der Waals surface area contributed by atoms with Gasteiger partial charge in [0.05, 0.1) is 11.9 Å². The van der Waals surface area contributed by atoms with Crippen molar-refractivity contribution in [3.05, 3.63) is 71.3 Å². The summed E-state index contributed by atoms with van der Waals surface area (Å²) in [5.41, 5.74) is 3.63. The van der Waals surface area contributed by atoms with Crippen LogP contribution in [0.3, 0.4) is 0 Å². The molecular formula is C24H31N3O3S. The average Bonchev–Trinajstić information content (AvgIpc) is 2.73. The summed E-state index contributed by atoms with van der Waals surface area (Å²) in [5, 5.41) is 0. The minimum Gasteiger partial charge on any atom is -0.339 e. The summed E-state index contributed by atoms with van der Waals surface area (Å²) in [4.78, 5) is 17.0. The Morgan fingerprint density at radius 3 is 2.32 bits per heavy atom. The summed E-state index contributed by atoms with van der Waals surface area (Å²) in [6.45, 7) is 7.23. The molecule has 3 rings (SSSR count). The molecule has 1 amide bonds. The van der Waals surface area contributed by atoms with E-state index in [1.54, 1.807) is 11.0 Å². The van der Waals surface area contributed by atoms with Gasteiger partial charge in [-0.15, -0.1) is 0 Å². The van der Waals surface area contributed by atoms with Gasteiger partial charge in [0.2, 0.25) is 15.9 Å². The molecule has 1 saturated heterocycles. The van der Waals surface area contributed by atoms with Gasteiger partial charge >= 0.3 is 0 Å². The van der Waals surface area contributed by atoms with Gasteiger partial charge in [-0.3, -0.25) is 14.0 Å². The van der Waals surface area contributed by atoms with Crippen molar-refractivity contribution in [2.45, 2.75) is 13.8 Å². The van der Waals surface area contributed by atoms with Crippen molar-refractivity contribution in [3.8, 4) is 0 Å². The van der Waals surface area contributed by atoms with Gasteiger partial charge in [-0.1, -0.05) is 60.2 Å². The van der Waals surface area contributed by atoms with Gasteiger partial charge in [0, 0.05) is 32.7 Å². The molecule has 0 aliphatic carbocycles. The Bertz CT molecular complexity index is 1030. The summed E-state index contributed by atoms with van der Waals surface area (Å²) < 4.78 is 26.0. The van der Waals surface area contributed by atoms with Crippen molar-refractivity contribution in [3.63, 3.8) is 0 Å². The molecule has 0 bridgehead atoms. The first kappa shape index (κ1) is 23.0. The molecule has 0 N–H and O–H groups in total. The number of hydrogen-bond donors (Lipinski definition) is 0. The summed E-state index contributed by atoms with van der Waals surface area (Å²) in [7, 11) is -3.57. The molecule has 0 spiro atoms. The maximum atomic E-state index is 12.9. The second kappa shape index (κ2) is 10.1. The predicted octanol–water partition coefficient (Wildman–Crippen LogP) is 2.93. The molecule has 1 heterocycles. The second-order valence-electron chi connectivity index (χ2n) is 8.05. The molecule has 6 nitrogen and oxygen atoms in total. The van der Waals surface area contributed by atoms with Crippen molar-refractivity contribution in [2.75, 3.05) is 49.8 Å². The van der Waals surface area contributed by atoms with Gasteiger partial charge in [-0.25, -0.2) is 8.42 Å². The second-order valence-corrected chi connectivity index (χ2v) is 9.96. The fraction of sp³-hybridized carbons (Fsp3) is 0.375. The lowest BCUT2D eigenvalue weighted by molar-refractivity contribution is -0.131. The number of carbonyl (C=O) groups excluding carboxylic acids is 1. The Kier molecular flexibility index (Phi) is 7.51. The van der Waals surface area contributed by atoms with Crippen LogP contribution in [0.2, 0.25) is 0 Å². The summed E-state index contributed by atoms with van der Waals surface area (Å²) >= 11 is 0. The van der Waals surface area contributed by atoms with Crippen molar-refractivity contribution < 1.29 is 13.2 Å². The van der Waals surface area contributed by atoms with Crippen LogP contribution in [-0.4, -0.2) is 69.6 Å². The van der Waals surface area contributed by atoms with Crippen LogP contribution in [0.1, 0.15) is 16.7 Å². The quantitative estimate of drug-likeness (QED) is 0.663. The van der Waals surface area contributed by atoms with Crippen LogP contribution in [0.15, 0.2) is 54.6 Å². The van der Waals surface area contributed by atoms with Crippen molar-refractivity contribution in [1.82, 2.24) is 9.80 Å². The SMILES string of the molecule is Cc1ccc(N(CC(=O)N2CCN(C/C=C/c3ccccc3)CC2)S(C)(=O)=O)c(C)c1. The van der Waals surface area contributed by atoms with Crippen LogP contribution in [-0.2, 0) is 14.8 Å². The Balaban J connectivity index is 1.57. The van der Waals surface area contributed by atoms with E-state index in [0.29, 0.717) is 18.8 Å². The lowest BCUT2D eigenvalue weighted by Crippen LogP contribution is -2.51. The maximum Gasteiger partial charge on any atom is 0.243 e. The first-order valence-electron chi connectivity index (χ1n) is 10.5. The summed E-state index contributed by atoms with van der Waals surface area (Å²) in [6.07, 6.45) is 5.39. The van der Waals surface area contributed by atoms with Crippen molar-refractivity contribution in [2.24, 2.45) is 0 Å². The minimum absolute atomic E-state index is 0.162. The number of nitrogens with zero attached hydrogens (tertiary/aromatic N) is 3. The van der Waals surface area contributed by atoms with Crippen molar-refractivity contribution >= 4 is 27.7 Å². The zero-order valence-corrected chi connectivity index (χ0v) is 19.3. The third kappa shape index (κ3) is 6.42. The normalized spacial score (nSPS) is 15.4. The van der Waals surface area contributed by atoms with E-state index in [0.717, 1.165) is 37.0 Å². The lowest BCUT2D eigenvalue weighted by Gasteiger charge is -2.35. The molecule has 7 heteroatoms. The Morgan fingerprint density at radius 1 is 1.03 bits per heavy atom. The zero-order chi connectivity index (χ0) is 22.4. The van der Waals surface area contributed by atoms with Crippen LogP contribution >= 0.6 is 0 Å². The molecule has 0 aromatic heterocycles. The number of hydrogen-bond acceptors (Lipinski definition) is 4. The van der Waals surface area contributed by atoms with Gasteiger partial charge in [0.15, 0.2) is 0 Å². The first-order chi connectivity index (χ1) is 14.7. The van der Waals surface area contributed by atoms with Crippen LogP contribution in [0.25, 0.3) is 6.08 Å². The molecule has 31 heavy (non-hydrogen) atoms. The molecule has 2 aromatic carbocycles. The van der Waals surface area contributed by atoms with E-state index in [1.165, 1.54) is 9.87 Å². The molecule has 0 atom stereocenters. The van der Waals surface area contributed by atoms with Crippen LogP contribution in [0, 0.1) is 13.8 Å². The van der Waals surface area contributed by atoms with E-state index in [9.17, 15) is 13.2 Å². The standard InChI is InChI=1S/C24H31N3O3S/c1-20-11-12-23(21(2)18-20)27(31(3,29)30)19-24(28)26-16-14-25(15-17-26)13-7-10-22-8-5-4-6-9-22/h4-12,18H,13-17,19H2,1-3H3/b10-7+. The third-order valence-electron chi connectivity index (χ3n) is 5.50. The lowest BCUT2D eigenvalue weighted by atomic mass is 10.1. The highest BCUT2D eigenvalue weighted by Gasteiger charge is 2.27. The monoisotopic (exact) mass is 441 g/mol. The van der Waals surface area contributed by atoms with Gasteiger partial charge in [-0.2, -0.15) is 0 Å². The van der Waals surface area contributed by atoms with Crippen LogP contribution < -0.4 is 4.31 Å². The fourth-order valence-electron chi connectivity index (χ4n) is 3.77. The minimum atomic E-state index is -3.57. The average molecular weight is 442 g/mol. The Labute approximate surface area is 185 Å². The van der Waals surface area contributed by atoms with Crippen LogP contribution in [0.4, 0.5) is 5.69 Å². The van der Waals surface area contributed by atoms with E-state index < -0.39 is 10.0 Å². The van der Waals surface area contributed by atoms with E-state index in [4.69, 9.17) is 0 Å². The van der Waals surface area contributed by atoms with Gasteiger partial charge in [0.25, 0.3) is 0 Å². The highest BCUT2D eigenvalue weighted by molar-refractivity contribution is 7.92. The molecule has 0 saturated carbocycles. The van der Waals surface area contributed by atoms with Gasteiger partial charge in [0.1, 0.15) is 6.54 Å². The molecule has 166 valence electrons. The topological polar surface area (TPSA) is 60.9 Å². The number of anilines is 1. The molecule has 1 fully saturated rings. The zero-order valence-electron chi connectivity index (χ0n) is 18.5. The molecule has 1 aliphatic heterocycles. The molecular weight excluding hydrogens is 410 g/mol. The number of amides is 1. The van der Waals surface area contributed by atoms with Gasteiger partial charge < -0.3 is 4.90 Å². The summed E-state index contributed by atoms with van der Waals surface area (Å²) in [6, 6.07) is 15.7. The van der Waals surface area contributed by atoms with E-state index >= 15 is 0 Å². The Hall–Kier alpha value is -2.64. The Morgan fingerprint density at radius 2 is 1.71 bits per heavy atom. The van der Waals surface area contributed by atoms with Gasteiger partial charge in [-0.05, 0) is 31.0 Å². The molecule has 2 aromatic rings. The molecule has 0 radical (unpaired) electrons. The first-order valence-corrected chi connectivity index (χ1v) is 12.4. The van der Waals surface area contributed by atoms with E-state index in [1.807, 2.05) is 44.2 Å². The van der Waals surface area contributed by atoms with Crippen LogP contribution in [0.5, 0.6) is 0 Å². The van der Waals surface area contributed by atoms with Crippen molar-refractivity contribution in [1.29, 1.82) is 0 Å². The number of sulfonamides is 1. The largest absolute Gasteiger partial charge is 0.339 e. The maximum absolute atomic E-state index is 12.9. The van der Waals surface area contributed by atoms with E-state index in [-0.39, 0.29) is 12.5 Å². The number of benzene rings is 2. The highest BCUT2D eigenvalue weighted by atomic mass is 32.2. The molecule has 1 aliphatic rings. The number of aryl methyl sites for hydroxylation is 2.